The molecule has 24 heavy (non-hydrogen) atoms. The molecule has 1 saturated heterocycles. The van der Waals surface area contributed by atoms with Crippen LogP contribution in [0.15, 0.2) is 41.8 Å². The van der Waals surface area contributed by atoms with E-state index in [9.17, 15) is 4.79 Å². The van der Waals surface area contributed by atoms with Crippen LogP contribution >= 0.6 is 11.8 Å². The highest BCUT2D eigenvalue weighted by atomic mass is 32.2. The number of nitrogens with one attached hydrogen (secondary N) is 1. The molecule has 1 aliphatic rings. The molecular weight excluding hydrogens is 324 g/mol. The highest BCUT2D eigenvalue weighted by Crippen LogP contribution is 2.34. The number of nitrogens with zero attached hydrogens (tertiary/aromatic N) is 3. The Balaban J connectivity index is 1.59. The SMILES string of the molecule is Cn1cnnc1SCC(=O)NCC1(c2ccccc2)CCOCC1. The maximum absolute atomic E-state index is 12.2. The third-order valence-corrected chi connectivity index (χ3v) is 5.50. The van der Waals surface area contributed by atoms with Crippen molar-refractivity contribution in [1.82, 2.24) is 20.1 Å². The first kappa shape index (κ1) is 17.0. The van der Waals surface area contributed by atoms with Gasteiger partial charge in [0.2, 0.25) is 5.91 Å². The number of aryl methyl sites for hydroxylation is 1. The van der Waals surface area contributed by atoms with Crippen molar-refractivity contribution < 1.29 is 9.53 Å². The van der Waals surface area contributed by atoms with Crippen molar-refractivity contribution in [3.63, 3.8) is 0 Å². The second kappa shape index (κ2) is 7.81. The number of thioether (sulfide) groups is 1. The Morgan fingerprint density at radius 1 is 1.33 bits per heavy atom. The number of carbonyl (C=O) groups is 1. The van der Waals surface area contributed by atoms with E-state index in [2.05, 4.69) is 39.8 Å². The fourth-order valence-electron chi connectivity index (χ4n) is 2.97. The number of rotatable bonds is 6. The van der Waals surface area contributed by atoms with Gasteiger partial charge < -0.3 is 14.6 Å². The zero-order valence-electron chi connectivity index (χ0n) is 13.8. The lowest BCUT2D eigenvalue weighted by molar-refractivity contribution is -0.119. The molecule has 0 unspecified atom stereocenters. The van der Waals surface area contributed by atoms with Gasteiger partial charge in [0.25, 0.3) is 0 Å². The van der Waals surface area contributed by atoms with E-state index in [0.29, 0.717) is 12.3 Å². The van der Waals surface area contributed by atoms with E-state index >= 15 is 0 Å². The van der Waals surface area contributed by atoms with Gasteiger partial charge in [0.05, 0.1) is 5.75 Å². The summed E-state index contributed by atoms with van der Waals surface area (Å²) < 4.78 is 7.34. The van der Waals surface area contributed by atoms with Crippen LogP contribution in [0, 0.1) is 0 Å². The summed E-state index contributed by atoms with van der Waals surface area (Å²) >= 11 is 1.40. The molecule has 0 aliphatic carbocycles. The third kappa shape index (κ3) is 3.96. The zero-order valence-corrected chi connectivity index (χ0v) is 14.6. The van der Waals surface area contributed by atoms with Crippen LogP contribution in [-0.4, -0.2) is 46.2 Å². The molecule has 0 bridgehead atoms. The molecule has 1 aromatic heterocycles. The highest BCUT2D eigenvalue weighted by molar-refractivity contribution is 7.99. The summed E-state index contributed by atoms with van der Waals surface area (Å²) in [5.74, 6) is 0.360. The van der Waals surface area contributed by atoms with Crippen LogP contribution in [0.4, 0.5) is 0 Å². The first-order valence-electron chi connectivity index (χ1n) is 8.06. The van der Waals surface area contributed by atoms with Crippen LogP contribution in [0.25, 0.3) is 0 Å². The molecule has 0 spiro atoms. The fraction of sp³-hybridized carbons (Fsp3) is 0.471. The first-order valence-corrected chi connectivity index (χ1v) is 9.05. The predicted molar refractivity (Wildman–Crippen MR) is 92.9 cm³/mol. The highest BCUT2D eigenvalue weighted by Gasteiger charge is 2.34. The molecule has 128 valence electrons. The number of hydrogen-bond acceptors (Lipinski definition) is 5. The molecule has 1 aromatic carbocycles. The Kier molecular flexibility index (Phi) is 5.52. The summed E-state index contributed by atoms with van der Waals surface area (Å²) in [5, 5.41) is 11.6. The molecule has 1 N–H and O–H groups in total. The van der Waals surface area contributed by atoms with Gasteiger partial charge in [-0.3, -0.25) is 4.79 Å². The van der Waals surface area contributed by atoms with Gasteiger partial charge in [-0.1, -0.05) is 42.1 Å². The van der Waals surface area contributed by atoms with Gasteiger partial charge in [0, 0.05) is 32.2 Å². The molecule has 0 atom stereocenters. The second-order valence-corrected chi connectivity index (χ2v) is 6.99. The Bertz CT molecular complexity index is 668. The second-order valence-electron chi connectivity index (χ2n) is 6.05. The van der Waals surface area contributed by atoms with Gasteiger partial charge in [-0.05, 0) is 18.4 Å². The molecule has 1 aliphatic heterocycles. The first-order chi connectivity index (χ1) is 11.7. The van der Waals surface area contributed by atoms with E-state index in [1.165, 1.54) is 17.3 Å². The topological polar surface area (TPSA) is 69.0 Å². The Labute approximate surface area is 146 Å². The van der Waals surface area contributed by atoms with Crippen LogP contribution in [-0.2, 0) is 22.0 Å². The maximum atomic E-state index is 12.2. The van der Waals surface area contributed by atoms with Crippen molar-refractivity contribution in [2.75, 3.05) is 25.5 Å². The Hall–Kier alpha value is -1.86. The van der Waals surface area contributed by atoms with Crippen LogP contribution in [0.2, 0.25) is 0 Å². The van der Waals surface area contributed by atoms with E-state index in [4.69, 9.17) is 4.74 Å². The minimum Gasteiger partial charge on any atom is -0.381 e. The molecule has 0 saturated carbocycles. The molecule has 1 amide bonds. The van der Waals surface area contributed by atoms with E-state index in [1.807, 2.05) is 17.7 Å². The molecule has 7 heteroatoms. The zero-order chi connectivity index (χ0) is 16.8. The van der Waals surface area contributed by atoms with E-state index in [0.717, 1.165) is 31.2 Å². The molecule has 1 fully saturated rings. The summed E-state index contributed by atoms with van der Waals surface area (Å²) in [6, 6.07) is 10.4. The van der Waals surface area contributed by atoms with Crippen molar-refractivity contribution >= 4 is 17.7 Å². The molecule has 3 rings (SSSR count). The van der Waals surface area contributed by atoms with Crippen molar-refractivity contribution in [2.45, 2.75) is 23.4 Å². The Morgan fingerprint density at radius 3 is 2.75 bits per heavy atom. The van der Waals surface area contributed by atoms with Crippen LogP contribution in [0.5, 0.6) is 0 Å². The van der Waals surface area contributed by atoms with Gasteiger partial charge >= 0.3 is 0 Å². The van der Waals surface area contributed by atoms with Gasteiger partial charge in [-0.25, -0.2) is 0 Å². The molecule has 2 heterocycles. The van der Waals surface area contributed by atoms with Crippen molar-refractivity contribution in [2.24, 2.45) is 7.05 Å². The van der Waals surface area contributed by atoms with E-state index < -0.39 is 0 Å². The van der Waals surface area contributed by atoms with E-state index in [1.54, 1.807) is 6.33 Å². The van der Waals surface area contributed by atoms with Gasteiger partial charge in [0.1, 0.15) is 6.33 Å². The van der Waals surface area contributed by atoms with Gasteiger partial charge in [0.15, 0.2) is 5.16 Å². The number of amides is 1. The minimum atomic E-state index is -0.0371. The van der Waals surface area contributed by atoms with Crippen molar-refractivity contribution in [1.29, 1.82) is 0 Å². The summed E-state index contributed by atoms with van der Waals surface area (Å²) in [5.41, 5.74) is 1.24. The lowest BCUT2D eigenvalue weighted by Crippen LogP contribution is -2.45. The molecule has 0 radical (unpaired) electrons. The average molecular weight is 346 g/mol. The lowest BCUT2D eigenvalue weighted by Gasteiger charge is -2.38. The standard InChI is InChI=1S/C17H22N4O2S/c1-21-13-19-20-16(21)24-11-15(22)18-12-17(7-9-23-10-8-17)14-5-3-2-4-6-14/h2-6,13H,7-12H2,1H3,(H,18,22). The van der Waals surface area contributed by atoms with Crippen LogP contribution < -0.4 is 5.32 Å². The Morgan fingerprint density at radius 2 is 2.08 bits per heavy atom. The largest absolute Gasteiger partial charge is 0.381 e. The monoisotopic (exact) mass is 346 g/mol. The molecule has 2 aromatic rings. The number of carbonyl (C=O) groups excluding carboxylic acids is 1. The maximum Gasteiger partial charge on any atom is 0.230 e. The lowest BCUT2D eigenvalue weighted by atomic mass is 9.74. The molecule has 6 nitrogen and oxygen atoms in total. The quantitative estimate of drug-likeness (QED) is 0.808. The van der Waals surface area contributed by atoms with Gasteiger partial charge in [-0.15, -0.1) is 10.2 Å². The van der Waals surface area contributed by atoms with Crippen molar-refractivity contribution in [3.8, 4) is 0 Å². The average Bonchev–Trinajstić information content (AvgIpc) is 3.05. The summed E-state index contributed by atoms with van der Waals surface area (Å²) in [6.45, 7) is 2.11. The van der Waals surface area contributed by atoms with E-state index in [-0.39, 0.29) is 11.3 Å². The smallest absolute Gasteiger partial charge is 0.230 e. The number of aromatic nitrogens is 3. The number of benzene rings is 1. The third-order valence-electron chi connectivity index (χ3n) is 4.46. The van der Waals surface area contributed by atoms with Crippen LogP contribution in [0.3, 0.4) is 0 Å². The summed E-state index contributed by atoms with van der Waals surface area (Å²) in [4.78, 5) is 12.2. The number of hydrogen-bond donors (Lipinski definition) is 1. The molecular formula is C17H22N4O2S. The van der Waals surface area contributed by atoms with Crippen LogP contribution in [0.1, 0.15) is 18.4 Å². The normalized spacial score (nSPS) is 16.7. The fourth-order valence-corrected chi connectivity index (χ4v) is 3.69. The number of ether oxygens (including phenoxy) is 1. The summed E-state index contributed by atoms with van der Waals surface area (Å²) in [6.07, 6.45) is 3.48. The predicted octanol–water partition coefficient (Wildman–Crippen LogP) is 1.77. The summed E-state index contributed by atoms with van der Waals surface area (Å²) in [7, 11) is 1.87. The van der Waals surface area contributed by atoms with Crippen molar-refractivity contribution in [3.05, 3.63) is 42.2 Å². The minimum absolute atomic E-state index is 0.0183. The van der Waals surface area contributed by atoms with Gasteiger partial charge in [-0.2, -0.15) is 0 Å².